The molecule has 10 N–H and O–H groups in total. The summed E-state index contributed by atoms with van der Waals surface area (Å²) in [5.74, 6) is -5.19. The molecule has 0 bridgehead atoms. The lowest BCUT2D eigenvalue weighted by Crippen LogP contribution is -2.61. The van der Waals surface area contributed by atoms with E-state index in [9.17, 15) is 44.1 Å². The molecule has 5 amide bonds. The second-order valence-corrected chi connectivity index (χ2v) is 14.2. The van der Waals surface area contributed by atoms with Crippen LogP contribution >= 0.6 is 0 Å². The molecule has 7 atom stereocenters. The van der Waals surface area contributed by atoms with Gasteiger partial charge in [-0.25, -0.2) is 4.79 Å². The summed E-state index contributed by atoms with van der Waals surface area (Å²) in [5, 5.41) is 41.7. The number of benzene rings is 3. The van der Waals surface area contributed by atoms with Crippen LogP contribution in [0, 0.1) is 0 Å². The summed E-state index contributed by atoms with van der Waals surface area (Å²) < 4.78 is 0. The number of nitrogens with one attached hydrogen (secondary N) is 5. The van der Waals surface area contributed by atoms with Gasteiger partial charge in [-0.15, -0.1) is 0 Å². The maximum atomic E-state index is 13.9. The van der Waals surface area contributed by atoms with Crippen molar-refractivity contribution in [1.82, 2.24) is 31.2 Å². The number of amides is 5. The highest BCUT2D eigenvalue weighted by Gasteiger charge is 2.40. The van der Waals surface area contributed by atoms with Crippen LogP contribution in [0.15, 0.2) is 91.1 Å². The Morgan fingerprint density at radius 3 is 1.98 bits per heavy atom. The number of aliphatic carboxylic acids is 1. The summed E-state index contributed by atoms with van der Waals surface area (Å²) in [5.41, 5.74) is 9.20. The number of carboxylic acids is 1. The van der Waals surface area contributed by atoms with Gasteiger partial charge >= 0.3 is 5.97 Å². The molecule has 302 valence electrons. The van der Waals surface area contributed by atoms with E-state index in [0.29, 0.717) is 17.5 Å². The van der Waals surface area contributed by atoms with Crippen molar-refractivity contribution in [2.24, 2.45) is 5.73 Å². The van der Waals surface area contributed by atoms with Gasteiger partial charge in [-0.2, -0.15) is 0 Å². The second-order valence-electron chi connectivity index (χ2n) is 14.2. The highest BCUT2D eigenvalue weighted by molar-refractivity contribution is 5.97. The minimum atomic E-state index is -1.53. The fourth-order valence-electron chi connectivity index (χ4n) is 6.90. The summed E-state index contributed by atoms with van der Waals surface area (Å²) in [6.07, 6.45) is 1.06. The molecule has 0 saturated carbocycles. The Bertz CT molecular complexity index is 2020. The van der Waals surface area contributed by atoms with Crippen molar-refractivity contribution in [3.63, 3.8) is 0 Å². The molecule has 16 heteroatoms. The van der Waals surface area contributed by atoms with Crippen molar-refractivity contribution in [2.45, 2.75) is 81.4 Å². The number of H-pyrrole nitrogens is 1. The smallest absolute Gasteiger partial charge is 0.326 e. The third kappa shape index (κ3) is 11.0. The lowest BCUT2D eigenvalue weighted by molar-refractivity contribution is -0.145. The Morgan fingerprint density at radius 2 is 1.37 bits per heavy atom. The summed E-state index contributed by atoms with van der Waals surface area (Å²) in [4.78, 5) is 84.3. The van der Waals surface area contributed by atoms with Gasteiger partial charge in [-0.05, 0) is 48.9 Å². The largest absolute Gasteiger partial charge is 0.480 e. The van der Waals surface area contributed by atoms with E-state index in [4.69, 9.17) is 5.73 Å². The predicted molar refractivity (Wildman–Crippen MR) is 209 cm³/mol. The minimum Gasteiger partial charge on any atom is -0.480 e. The molecule has 3 aromatic carbocycles. The number of hydrogen-bond donors (Lipinski definition) is 9. The van der Waals surface area contributed by atoms with Crippen LogP contribution in [0.1, 0.15) is 36.5 Å². The van der Waals surface area contributed by atoms with Crippen LogP contribution in [0.25, 0.3) is 10.9 Å². The number of rotatable bonds is 18. The Hall–Kier alpha value is -6.10. The predicted octanol–water partition coefficient (Wildman–Crippen LogP) is -0.0890. The molecule has 1 fully saturated rings. The fraction of sp³-hybridized carbons (Fsp3) is 0.366. The second kappa shape index (κ2) is 19.7. The van der Waals surface area contributed by atoms with Gasteiger partial charge in [-0.1, -0.05) is 78.9 Å². The van der Waals surface area contributed by atoms with E-state index >= 15 is 0 Å². The number of aliphatic hydroxyl groups is 2. The first-order chi connectivity index (χ1) is 27.4. The van der Waals surface area contributed by atoms with Gasteiger partial charge < -0.3 is 52.2 Å². The molecule has 57 heavy (non-hydrogen) atoms. The number of aromatic amines is 1. The zero-order valence-electron chi connectivity index (χ0n) is 31.5. The van der Waals surface area contributed by atoms with Crippen LogP contribution in [0.3, 0.4) is 0 Å². The van der Waals surface area contributed by atoms with Gasteiger partial charge in [-0.3, -0.25) is 24.0 Å². The summed E-state index contributed by atoms with van der Waals surface area (Å²) in [6.45, 7) is 0.557. The van der Waals surface area contributed by atoms with Crippen molar-refractivity contribution in [3.05, 3.63) is 108 Å². The molecule has 0 aliphatic carbocycles. The number of carboxylic acid groups (broad SMARTS) is 1. The molecule has 1 aliphatic heterocycles. The number of nitrogens with two attached hydrogens (primary N) is 1. The van der Waals surface area contributed by atoms with Crippen molar-refractivity contribution >= 4 is 46.4 Å². The van der Waals surface area contributed by atoms with Gasteiger partial charge in [0.25, 0.3) is 0 Å². The SMILES string of the molecule is C[C@@H](O)[C@H](NC(=O)[C@@H](N)Cc1c[nH]c2ccccc12)C(=O)N[C@@H](Cc1ccccc1)C(=O)N[C@@H](CO)C(=O)N1CCC[C@H]1C(=O)N[C@@H](Cc1ccccc1)C(=O)O. The molecule has 4 aromatic rings. The quantitative estimate of drug-likeness (QED) is 0.0648. The Kier molecular flexibility index (Phi) is 14.5. The minimum absolute atomic E-state index is 0.0177. The average Bonchev–Trinajstić information content (AvgIpc) is 3.86. The molecule has 0 radical (unpaired) electrons. The molecular formula is C41H49N7O9. The van der Waals surface area contributed by atoms with E-state index < -0.39 is 84.5 Å². The van der Waals surface area contributed by atoms with E-state index in [1.54, 1.807) is 66.9 Å². The normalized spacial score (nSPS) is 17.1. The number of aliphatic hydroxyl groups excluding tert-OH is 2. The Labute approximate surface area is 329 Å². The van der Waals surface area contributed by atoms with Crippen LogP contribution in [0.4, 0.5) is 0 Å². The number of aromatic nitrogens is 1. The number of hydrogen-bond acceptors (Lipinski definition) is 9. The lowest BCUT2D eigenvalue weighted by atomic mass is 10.0. The summed E-state index contributed by atoms with van der Waals surface area (Å²) in [7, 11) is 0. The molecule has 0 unspecified atom stereocenters. The van der Waals surface area contributed by atoms with Crippen LogP contribution in [-0.2, 0) is 48.0 Å². The molecule has 1 aromatic heterocycles. The zero-order chi connectivity index (χ0) is 41.1. The third-order valence-corrected chi connectivity index (χ3v) is 9.96. The van der Waals surface area contributed by atoms with Crippen molar-refractivity contribution in [3.8, 4) is 0 Å². The van der Waals surface area contributed by atoms with Crippen LogP contribution in [-0.4, -0.2) is 116 Å². The molecule has 0 spiro atoms. The van der Waals surface area contributed by atoms with Crippen LogP contribution < -0.4 is 27.0 Å². The first-order valence-electron chi connectivity index (χ1n) is 18.8. The van der Waals surface area contributed by atoms with Crippen LogP contribution in [0.5, 0.6) is 0 Å². The zero-order valence-corrected chi connectivity index (χ0v) is 31.5. The maximum Gasteiger partial charge on any atom is 0.326 e. The van der Waals surface area contributed by atoms with Gasteiger partial charge in [0.1, 0.15) is 30.2 Å². The summed E-state index contributed by atoms with van der Waals surface area (Å²) >= 11 is 0. The van der Waals surface area contributed by atoms with Gasteiger partial charge in [0.2, 0.25) is 29.5 Å². The van der Waals surface area contributed by atoms with Crippen molar-refractivity contribution in [1.29, 1.82) is 0 Å². The van der Waals surface area contributed by atoms with Crippen LogP contribution in [0.2, 0.25) is 0 Å². The van der Waals surface area contributed by atoms with Crippen molar-refractivity contribution in [2.75, 3.05) is 13.2 Å². The topological polar surface area (TPSA) is 256 Å². The highest BCUT2D eigenvalue weighted by Crippen LogP contribution is 2.21. The Morgan fingerprint density at radius 1 is 0.772 bits per heavy atom. The maximum absolute atomic E-state index is 13.9. The number of para-hydroxylation sites is 1. The monoisotopic (exact) mass is 783 g/mol. The lowest BCUT2D eigenvalue weighted by Gasteiger charge is -2.30. The fourth-order valence-corrected chi connectivity index (χ4v) is 6.90. The number of carbonyl (C=O) groups is 6. The number of likely N-dealkylation sites (tertiary alicyclic amines) is 1. The van der Waals surface area contributed by atoms with E-state index in [2.05, 4.69) is 26.3 Å². The third-order valence-electron chi connectivity index (χ3n) is 9.96. The van der Waals surface area contributed by atoms with Gasteiger partial charge in [0, 0.05) is 36.5 Å². The number of fused-ring (bicyclic) bond motifs is 1. The number of carbonyl (C=O) groups excluding carboxylic acids is 5. The highest BCUT2D eigenvalue weighted by atomic mass is 16.4. The molecular weight excluding hydrogens is 734 g/mol. The summed E-state index contributed by atoms with van der Waals surface area (Å²) in [6, 6.07) is 17.1. The van der Waals surface area contributed by atoms with Crippen molar-refractivity contribution < 1.29 is 44.1 Å². The average molecular weight is 784 g/mol. The number of nitrogens with zero attached hydrogens (tertiary/aromatic N) is 1. The van der Waals surface area contributed by atoms with E-state index in [1.165, 1.54) is 11.8 Å². The first kappa shape index (κ1) is 42.1. The first-order valence-corrected chi connectivity index (χ1v) is 18.8. The molecule has 1 saturated heterocycles. The standard InChI is InChI=1S/C41H49N7O9/c1-24(50)35(47-36(51)29(42)21-27-22-43-30-16-9-8-15-28(27)30)39(54)44-31(19-25-11-4-2-5-12-25)37(52)46-33(23-49)40(55)48-18-10-17-34(48)38(53)45-32(41(56)57)20-26-13-6-3-7-14-26/h2-9,11-16,22,24,29,31-35,43,49-50H,10,17-21,23,42H2,1H3,(H,44,54)(H,45,53)(H,46,52)(H,47,51)(H,56,57)/t24-,29+,31+,32+,33+,34+,35+/m1/s1. The van der Waals surface area contributed by atoms with Gasteiger partial charge in [0.15, 0.2) is 0 Å². The molecule has 1 aliphatic rings. The van der Waals surface area contributed by atoms with E-state index in [0.717, 1.165) is 16.5 Å². The molecule has 5 rings (SSSR count). The van der Waals surface area contributed by atoms with E-state index in [-0.39, 0.29) is 32.2 Å². The van der Waals surface area contributed by atoms with E-state index in [1.807, 2.05) is 24.3 Å². The Balaban J connectivity index is 1.26. The molecule has 16 nitrogen and oxygen atoms in total. The van der Waals surface area contributed by atoms with Gasteiger partial charge in [0.05, 0.1) is 18.8 Å². The molecule has 2 heterocycles.